The van der Waals surface area contributed by atoms with Gasteiger partial charge in [-0.15, -0.1) is 12.4 Å². The van der Waals surface area contributed by atoms with Crippen LogP contribution in [0.3, 0.4) is 0 Å². The van der Waals surface area contributed by atoms with Gasteiger partial charge in [-0.3, -0.25) is 9.69 Å². The molecule has 0 aromatic heterocycles. The molecule has 1 aromatic carbocycles. The number of amides is 1. The molecule has 0 unspecified atom stereocenters. The number of nitrogens with zero attached hydrogens (tertiary/aromatic N) is 1. The number of ether oxygens (including phenoxy) is 1. The van der Waals surface area contributed by atoms with E-state index in [4.69, 9.17) is 4.74 Å². The van der Waals surface area contributed by atoms with Crippen molar-refractivity contribution in [3.63, 3.8) is 0 Å². The zero-order valence-electron chi connectivity index (χ0n) is 15.5. The monoisotopic (exact) mass is 381 g/mol. The molecular formula is C20H32ClN3O2. The van der Waals surface area contributed by atoms with E-state index in [0.29, 0.717) is 6.54 Å². The number of carbonyl (C=O) groups is 1. The molecule has 2 aliphatic rings. The number of rotatable bonds is 7. The van der Waals surface area contributed by atoms with Gasteiger partial charge in [-0.25, -0.2) is 0 Å². The van der Waals surface area contributed by atoms with Crippen LogP contribution in [0.25, 0.3) is 0 Å². The van der Waals surface area contributed by atoms with Crippen molar-refractivity contribution >= 4 is 18.3 Å². The number of hydrogen-bond acceptors (Lipinski definition) is 4. The molecule has 0 atom stereocenters. The summed E-state index contributed by atoms with van der Waals surface area (Å²) in [5.41, 5.74) is 2.49. The topological polar surface area (TPSA) is 53.6 Å². The fraction of sp³-hybridized carbons (Fsp3) is 0.650. The fourth-order valence-corrected chi connectivity index (χ4v) is 3.55. The number of benzene rings is 1. The lowest BCUT2D eigenvalue weighted by Gasteiger charge is -2.26. The van der Waals surface area contributed by atoms with Crippen LogP contribution < -0.4 is 10.6 Å². The third-order valence-corrected chi connectivity index (χ3v) is 5.10. The molecule has 0 aliphatic carbocycles. The number of likely N-dealkylation sites (tertiary alicyclic amines) is 1. The molecule has 146 valence electrons. The quantitative estimate of drug-likeness (QED) is 0.761. The molecule has 2 aliphatic heterocycles. The zero-order chi connectivity index (χ0) is 17.3. The first-order valence-corrected chi connectivity index (χ1v) is 9.69. The van der Waals surface area contributed by atoms with Gasteiger partial charge < -0.3 is 15.4 Å². The van der Waals surface area contributed by atoms with Gasteiger partial charge in [0.15, 0.2) is 0 Å². The lowest BCUT2D eigenvalue weighted by atomic mass is 10.1. The van der Waals surface area contributed by atoms with Gasteiger partial charge in [-0.1, -0.05) is 30.7 Å². The Morgan fingerprint density at radius 2 is 1.73 bits per heavy atom. The third kappa shape index (κ3) is 7.23. The minimum absolute atomic E-state index is 0. The van der Waals surface area contributed by atoms with Crippen LogP contribution in [-0.2, 0) is 22.6 Å². The van der Waals surface area contributed by atoms with E-state index in [-0.39, 0.29) is 31.0 Å². The van der Waals surface area contributed by atoms with Crippen LogP contribution in [0.2, 0.25) is 0 Å². The molecule has 2 heterocycles. The van der Waals surface area contributed by atoms with E-state index in [0.717, 1.165) is 38.0 Å². The number of halogens is 1. The summed E-state index contributed by atoms with van der Waals surface area (Å²) >= 11 is 0. The van der Waals surface area contributed by atoms with Crippen molar-refractivity contribution in [1.82, 2.24) is 15.5 Å². The molecular weight excluding hydrogens is 350 g/mol. The second kappa shape index (κ2) is 11.5. The van der Waals surface area contributed by atoms with Crippen molar-refractivity contribution in [3.8, 4) is 0 Å². The van der Waals surface area contributed by atoms with E-state index in [9.17, 15) is 4.79 Å². The van der Waals surface area contributed by atoms with E-state index in [2.05, 4.69) is 39.8 Å². The van der Waals surface area contributed by atoms with Gasteiger partial charge in [-0.05, 0) is 63.0 Å². The Morgan fingerprint density at radius 1 is 1.08 bits per heavy atom. The Hall–Kier alpha value is -1.14. The second-order valence-corrected chi connectivity index (χ2v) is 7.19. The predicted octanol–water partition coefficient (Wildman–Crippen LogP) is 2.48. The first kappa shape index (κ1) is 21.2. The van der Waals surface area contributed by atoms with Gasteiger partial charge in [0.2, 0.25) is 5.91 Å². The highest BCUT2D eigenvalue weighted by Gasteiger charge is 2.14. The van der Waals surface area contributed by atoms with Crippen molar-refractivity contribution in [2.24, 2.45) is 0 Å². The molecule has 6 heteroatoms. The Labute approximate surface area is 163 Å². The minimum Gasteiger partial charge on any atom is -0.368 e. The molecule has 1 amide bonds. The SMILES string of the molecule is Cl.O=C(COC1CCNCC1)NCc1ccc(CN2CCCCC2)cc1. The molecule has 0 bridgehead atoms. The van der Waals surface area contributed by atoms with Crippen LogP contribution >= 0.6 is 12.4 Å². The van der Waals surface area contributed by atoms with Crippen molar-refractivity contribution < 1.29 is 9.53 Å². The maximum atomic E-state index is 11.9. The number of piperidine rings is 2. The predicted molar refractivity (Wildman–Crippen MR) is 107 cm³/mol. The Kier molecular flexibility index (Phi) is 9.40. The Morgan fingerprint density at radius 3 is 2.42 bits per heavy atom. The molecule has 26 heavy (non-hydrogen) atoms. The van der Waals surface area contributed by atoms with Crippen LogP contribution in [0.5, 0.6) is 0 Å². The standard InChI is InChI=1S/C20H31N3O2.ClH/c24-20(16-25-19-8-10-21-11-9-19)22-14-17-4-6-18(7-5-17)15-23-12-2-1-3-13-23;/h4-7,19,21H,1-3,8-16H2,(H,22,24);1H. The molecule has 2 fully saturated rings. The van der Waals surface area contributed by atoms with E-state index < -0.39 is 0 Å². The van der Waals surface area contributed by atoms with Crippen LogP contribution in [0.15, 0.2) is 24.3 Å². The highest BCUT2D eigenvalue weighted by molar-refractivity contribution is 5.85. The summed E-state index contributed by atoms with van der Waals surface area (Å²) in [7, 11) is 0. The molecule has 3 rings (SSSR count). The van der Waals surface area contributed by atoms with Gasteiger partial charge in [0.25, 0.3) is 0 Å². The van der Waals surface area contributed by atoms with Crippen LogP contribution in [0, 0.1) is 0 Å². The molecule has 0 spiro atoms. The maximum Gasteiger partial charge on any atom is 0.246 e. The Balaban J connectivity index is 0.00000243. The van der Waals surface area contributed by atoms with Gasteiger partial charge in [0, 0.05) is 13.1 Å². The first-order chi connectivity index (χ1) is 12.3. The molecule has 2 N–H and O–H groups in total. The van der Waals surface area contributed by atoms with E-state index >= 15 is 0 Å². The summed E-state index contributed by atoms with van der Waals surface area (Å²) < 4.78 is 5.68. The average Bonchev–Trinajstić information content (AvgIpc) is 2.67. The van der Waals surface area contributed by atoms with Gasteiger partial charge >= 0.3 is 0 Å². The van der Waals surface area contributed by atoms with Gasteiger partial charge in [0.05, 0.1) is 6.10 Å². The highest BCUT2D eigenvalue weighted by atomic mass is 35.5. The number of carbonyl (C=O) groups excluding carboxylic acids is 1. The molecule has 0 saturated carbocycles. The van der Waals surface area contributed by atoms with Crippen LogP contribution in [0.4, 0.5) is 0 Å². The van der Waals surface area contributed by atoms with E-state index in [1.807, 2.05) is 0 Å². The van der Waals surface area contributed by atoms with Crippen molar-refractivity contribution in [1.29, 1.82) is 0 Å². The number of nitrogens with one attached hydrogen (secondary N) is 2. The Bertz CT molecular complexity index is 526. The zero-order valence-corrected chi connectivity index (χ0v) is 16.4. The molecule has 2 saturated heterocycles. The summed E-state index contributed by atoms with van der Waals surface area (Å²) in [5, 5.41) is 6.24. The second-order valence-electron chi connectivity index (χ2n) is 7.19. The third-order valence-electron chi connectivity index (χ3n) is 5.10. The van der Waals surface area contributed by atoms with Crippen molar-refractivity contribution in [2.75, 3.05) is 32.8 Å². The number of hydrogen-bond donors (Lipinski definition) is 2. The minimum atomic E-state index is -0.0316. The highest BCUT2D eigenvalue weighted by Crippen LogP contribution is 2.13. The average molecular weight is 382 g/mol. The smallest absolute Gasteiger partial charge is 0.246 e. The van der Waals surface area contributed by atoms with E-state index in [1.165, 1.54) is 37.9 Å². The maximum absolute atomic E-state index is 11.9. The molecule has 0 radical (unpaired) electrons. The summed E-state index contributed by atoms with van der Waals surface area (Å²) in [6.07, 6.45) is 6.22. The van der Waals surface area contributed by atoms with Gasteiger partial charge in [0.1, 0.15) is 6.61 Å². The van der Waals surface area contributed by atoms with Crippen molar-refractivity contribution in [3.05, 3.63) is 35.4 Å². The normalized spacial score (nSPS) is 18.9. The lowest BCUT2D eigenvalue weighted by Crippen LogP contribution is -2.35. The van der Waals surface area contributed by atoms with Crippen LogP contribution in [0.1, 0.15) is 43.2 Å². The summed E-state index contributed by atoms with van der Waals surface area (Å²) in [6.45, 7) is 6.17. The largest absolute Gasteiger partial charge is 0.368 e. The fourth-order valence-electron chi connectivity index (χ4n) is 3.55. The summed E-state index contributed by atoms with van der Waals surface area (Å²) in [6, 6.07) is 8.60. The molecule has 5 nitrogen and oxygen atoms in total. The molecule has 1 aromatic rings. The van der Waals surface area contributed by atoms with Crippen LogP contribution in [-0.4, -0.2) is 49.7 Å². The lowest BCUT2D eigenvalue weighted by molar-refractivity contribution is -0.128. The van der Waals surface area contributed by atoms with E-state index in [1.54, 1.807) is 0 Å². The van der Waals surface area contributed by atoms with Crippen molar-refractivity contribution in [2.45, 2.75) is 51.3 Å². The summed E-state index contributed by atoms with van der Waals surface area (Å²) in [4.78, 5) is 14.5. The first-order valence-electron chi connectivity index (χ1n) is 9.69. The van der Waals surface area contributed by atoms with Gasteiger partial charge in [-0.2, -0.15) is 0 Å². The summed E-state index contributed by atoms with van der Waals surface area (Å²) in [5.74, 6) is -0.0316.